The number of hydrogen-bond donors (Lipinski definition) is 1. The number of hydrogen-bond acceptors (Lipinski definition) is 2. The van der Waals surface area contributed by atoms with Crippen molar-refractivity contribution in [1.29, 1.82) is 0 Å². The van der Waals surface area contributed by atoms with Gasteiger partial charge in [-0.2, -0.15) is 0 Å². The first kappa shape index (κ1) is 12.2. The normalized spacial score (nSPS) is 17.9. The average Bonchev–Trinajstić information content (AvgIpc) is 2.46. The number of ether oxygens (including phenoxy) is 1. The van der Waals surface area contributed by atoms with E-state index in [0.717, 1.165) is 18.7 Å². The van der Waals surface area contributed by atoms with Gasteiger partial charge in [0, 0.05) is 6.54 Å². The summed E-state index contributed by atoms with van der Waals surface area (Å²) in [5.74, 6) is 0.931. The summed E-state index contributed by atoms with van der Waals surface area (Å²) in [6.07, 6.45) is 1.08. The Balaban J connectivity index is 2.06. The zero-order valence-electron chi connectivity index (χ0n) is 11.4. The molecule has 0 fully saturated rings. The molecule has 1 aliphatic rings. The molecule has 98 valence electrons. The standard InChI is InChI=1S/C17H19NO/c1-12-4-3-5-14(10-12)17-16-11-15(19-2)7-6-13(16)8-9-18-17/h3-7,10-11,17-18H,8-9H2,1-2H3. The molecule has 0 amide bonds. The van der Waals surface area contributed by atoms with E-state index >= 15 is 0 Å². The molecule has 2 nitrogen and oxygen atoms in total. The number of benzene rings is 2. The highest BCUT2D eigenvalue weighted by atomic mass is 16.5. The van der Waals surface area contributed by atoms with Gasteiger partial charge >= 0.3 is 0 Å². The van der Waals surface area contributed by atoms with Crippen molar-refractivity contribution in [3.63, 3.8) is 0 Å². The van der Waals surface area contributed by atoms with Crippen LogP contribution in [0.2, 0.25) is 0 Å². The van der Waals surface area contributed by atoms with Gasteiger partial charge in [-0.15, -0.1) is 0 Å². The Hall–Kier alpha value is -1.80. The number of nitrogens with one attached hydrogen (secondary N) is 1. The first-order valence-electron chi connectivity index (χ1n) is 6.74. The van der Waals surface area contributed by atoms with Crippen LogP contribution in [-0.4, -0.2) is 13.7 Å². The lowest BCUT2D eigenvalue weighted by molar-refractivity contribution is 0.412. The van der Waals surface area contributed by atoms with Crippen LogP contribution in [0.4, 0.5) is 0 Å². The number of fused-ring (bicyclic) bond motifs is 1. The van der Waals surface area contributed by atoms with Crippen molar-refractivity contribution >= 4 is 0 Å². The summed E-state index contributed by atoms with van der Waals surface area (Å²) < 4.78 is 5.36. The van der Waals surface area contributed by atoms with Gasteiger partial charge in [0.2, 0.25) is 0 Å². The highest BCUT2D eigenvalue weighted by molar-refractivity contribution is 5.44. The van der Waals surface area contributed by atoms with E-state index in [1.54, 1.807) is 7.11 Å². The van der Waals surface area contributed by atoms with Crippen molar-refractivity contribution in [2.75, 3.05) is 13.7 Å². The molecule has 0 aliphatic carbocycles. The van der Waals surface area contributed by atoms with E-state index in [9.17, 15) is 0 Å². The third kappa shape index (κ3) is 2.36. The minimum Gasteiger partial charge on any atom is -0.497 e. The molecule has 2 aromatic rings. The number of aryl methyl sites for hydroxylation is 1. The maximum Gasteiger partial charge on any atom is 0.119 e. The second-order valence-electron chi connectivity index (χ2n) is 5.12. The van der Waals surface area contributed by atoms with E-state index in [2.05, 4.69) is 54.7 Å². The van der Waals surface area contributed by atoms with Gasteiger partial charge in [0.1, 0.15) is 5.75 Å². The SMILES string of the molecule is COc1ccc2c(c1)C(c1cccc(C)c1)NCC2. The van der Waals surface area contributed by atoms with Crippen molar-refractivity contribution in [3.05, 3.63) is 64.7 Å². The van der Waals surface area contributed by atoms with Crippen LogP contribution in [-0.2, 0) is 6.42 Å². The Labute approximate surface area is 114 Å². The van der Waals surface area contributed by atoms with Crippen LogP contribution in [0, 0.1) is 6.92 Å². The molecule has 0 saturated heterocycles. The zero-order valence-corrected chi connectivity index (χ0v) is 11.4. The lowest BCUT2D eigenvalue weighted by Gasteiger charge is -2.28. The first-order chi connectivity index (χ1) is 9.28. The summed E-state index contributed by atoms with van der Waals surface area (Å²) >= 11 is 0. The predicted molar refractivity (Wildman–Crippen MR) is 77.7 cm³/mol. The lowest BCUT2D eigenvalue weighted by atomic mass is 9.89. The Morgan fingerprint density at radius 1 is 1.16 bits per heavy atom. The van der Waals surface area contributed by atoms with Crippen molar-refractivity contribution in [2.45, 2.75) is 19.4 Å². The molecule has 1 heterocycles. The largest absolute Gasteiger partial charge is 0.497 e. The van der Waals surface area contributed by atoms with Crippen LogP contribution < -0.4 is 10.1 Å². The quantitative estimate of drug-likeness (QED) is 0.887. The average molecular weight is 253 g/mol. The van der Waals surface area contributed by atoms with E-state index in [-0.39, 0.29) is 6.04 Å². The Morgan fingerprint density at radius 3 is 2.84 bits per heavy atom. The van der Waals surface area contributed by atoms with Gasteiger partial charge in [-0.1, -0.05) is 35.9 Å². The van der Waals surface area contributed by atoms with Crippen LogP contribution in [0.25, 0.3) is 0 Å². The summed E-state index contributed by atoms with van der Waals surface area (Å²) in [6, 6.07) is 15.4. The molecule has 1 aliphatic heterocycles. The fraction of sp³-hybridized carbons (Fsp3) is 0.294. The van der Waals surface area contributed by atoms with Crippen LogP contribution in [0.1, 0.15) is 28.3 Å². The van der Waals surface area contributed by atoms with Gasteiger partial charge in [-0.25, -0.2) is 0 Å². The molecule has 1 unspecified atom stereocenters. The van der Waals surface area contributed by atoms with E-state index < -0.39 is 0 Å². The molecule has 2 aromatic carbocycles. The molecule has 0 radical (unpaired) electrons. The minimum atomic E-state index is 0.277. The number of methoxy groups -OCH3 is 1. The summed E-state index contributed by atoms with van der Waals surface area (Å²) in [4.78, 5) is 0. The zero-order chi connectivity index (χ0) is 13.2. The highest BCUT2D eigenvalue weighted by Crippen LogP contribution is 2.31. The lowest BCUT2D eigenvalue weighted by Crippen LogP contribution is -2.30. The summed E-state index contributed by atoms with van der Waals surface area (Å²) in [6.45, 7) is 3.16. The van der Waals surface area contributed by atoms with Crippen molar-refractivity contribution in [2.24, 2.45) is 0 Å². The van der Waals surface area contributed by atoms with E-state index in [4.69, 9.17) is 4.74 Å². The fourth-order valence-corrected chi connectivity index (χ4v) is 2.80. The molecule has 0 aromatic heterocycles. The Morgan fingerprint density at radius 2 is 2.05 bits per heavy atom. The molecule has 0 spiro atoms. The maximum atomic E-state index is 5.36. The van der Waals surface area contributed by atoms with Crippen molar-refractivity contribution in [3.8, 4) is 5.75 Å². The van der Waals surface area contributed by atoms with Gasteiger partial charge in [-0.3, -0.25) is 0 Å². The molecule has 3 rings (SSSR count). The molecular formula is C17H19NO. The van der Waals surface area contributed by atoms with Gasteiger partial charge < -0.3 is 10.1 Å². The monoisotopic (exact) mass is 253 g/mol. The molecule has 0 bridgehead atoms. The summed E-state index contributed by atoms with van der Waals surface area (Å²) in [7, 11) is 1.72. The second-order valence-corrected chi connectivity index (χ2v) is 5.12. The molecule has 0 saturated carbocycles. The maximum absolute atomic E-state index is 5.36. The van der Waals surface area contributed by atoms with E-state index in [1.165, 1.54) is 22.3 Å². The molecule has 2 heteroatoms. The third-order valence-electron chi connectivity index (χ3n) is 3.78. The topological polar surface area (TPSA) is 21.3 Å². The highest BCUT2D eigenvalue weighted by Gasteiger charge is 2.21. The minimum absolute atomic E-state index is 0.277. The second kappa shape index (κ2) is 5.06. The molecule has 1 N–H and O–H groups in total. The Bertz CT molecular complexity index is 592. The van der Waals surface area contributed by atoms with Crippen LogP contribution in [0.3, 0.4) is 0 Å². The summed E-state index contributed by atoms with van der Waals surface area (Å²) in [5, 5.41) is 3.61. The fourth-order valence-electron chi connectivity index (χ4n) is 2.80. The van der Waals surface area contributed by atoms with Crippen LogP contribution >= 0.6 is 0 Å². The predicted octanol–water partition coefficient (Wildman–Crippen LogP) is 3.24. The Kier molecular flexibility index (Phi) is 3.26. The van der Waals surface area contributed by atoms with E-state index in [1.807, 2.05) is 0 Å². The summed E-state index contributed by atoms with van der Waals surface area (Å²) in [5.41, 5.74) is 5.39. The number of rotatable bonds is 2. The van der Waals surface area contributed by atoms with Gasteiger partial charge in [0.05, 0.1) is 13.2 Å². The first-order valence-corrected chi connectivity index (χ1v) is 6.74. The van der Waals surface area contributed by atoms with Crippen LogP contribution in [0.5, 0.6) is 5.75 Å². The molecule has 19 heavy (non-hydrogen) atoms. The van der Waals surface area contributed by atoms with Crippen LogP contribution in [0.15, 0.2) is 42.5 Å². The molecular weight excluding hydrogens is 234 g/mol. The van der Waals surface area contributed by atoms with Crippen molar-refractivity contribution in [1.82, 2.24) is 5.32 Å². The van der Waals surface area contributed by atoms with Gasteiger partial charge in [0.25, 0.3) is 0 Å². The molecule has 1 atom stereocenters. The van der Waals surface area contributed by atoms with Gasteiger partial charge in [-0.05, 0) is 42.2 Å². The van der Waals surface area contributed by atoms with Crippen molar-refractivity contribution < 1.29 is 4.74 Å². The smallest absolute Gasteiger partial charge is 0.119 e. The van der Waals surface area contributed by atoms with Gasteiger partial charge in [0.15, 0.2) is 0 Å². The third-order valence-corrected chi connectivity index (χ3v) is 3.78. The van der Waals surface area contributed by atoms with E-state index in [0.29, 0.717) is 0 Å².